The highest BCUT2D eigenvalue weighted by atomic mass is 16.4. The molecule has 0 radical (unpaired) electrons. The standard InChI is InChI=1S/C13H22N2O3/c1-10(13(18)14-7-2-3-8-14)15(11-4-5-11)9-6-12(16)17/h10-11H,2-9H2,1H3,(H,16,17). The predicted octanol–water partition coefficient (Wildman–Crippen LogP) is 0.936. The summed E-state index contributed by atoms with van der Waals surface area (Å²) in [6.07, 6.45) is 4.50. The first-order valence-electron chi connectivity index (χ1n) is 6.86. The van der Waals surface area contributed by atoms with Crippen LogP contribution in [0.4, 0.5) is 0 Å². The summed E-state index contributed by atoms with van der Waals surface area (Å²) in [6, 6.07) is 0.251. The molecule has 1 aliphatic carbocycles. The van der Waals surface area contributed by atoms with Gasteiger partial charge in [0.05, 0.1) is 12.5 Å². The Hall–Kier alpha value is -1.10. The summed E-state index contributed by atoms with van der Waals surface area (Å²) in [7, 11) is 0. The van der Waals surface area contributed by atoms with E-state index in [-0.39, 0.29) is 18.4 Å². The van der Waals surface area contributed by atoms with Crippen LogP contribution in [0.15, 0.2) is 0 Å². The fraction of sp³-hybridized carbons (Fsp3) is 0.846. The lowest BCUT2D eigenvalue weighted by molar-refractivity contribution is -0.140. The maximum Gasteiger partial charge on any atom is 0.304 e. The summed E-state index contributed by atoms with van der Waals surface area (Å²) in [5.41, 5.74) is 0. The first-order valence-corrected chi connectivity index (χ1v) is 6.86. The number of hydrogen-bond acceptors (Lipinski definition) is 3. The largest absolute Gasteiger partial charge is 0.481 e. The van der Waals surface area contributed by atoms with E-state index in [4.69, 9.17) is 5.11 Å². The highest BCUT2D eigenvalue weighted by Gasteiger charge is 2.36. The lowest BCUT2D eigenvalue weighted by atomic mass is 10.2. The third-order valence-electron chi connectivity index (χ3n) is 3.87. The van der Waals surface area contributed by atoms with E-state index < -0.39 is 5.97 Å². The van der Waals surface area contributed by atoms with Gasteiger partial charge < -0.3 is 10.0 Å². The SMILES string of the molecule is CC(C(=O)N1CCCC1)N(CCC(=O)O)C1CC1. The van der Waals surface area contributed by atoms with Crippen molar-refractivity contribution in [2.45, 2.75) is 51.1 Å². The number of aliphatic carboxylic acids is 1. The molecule has 1 saturated carbocycles. The summed E-state index contributed by atoms with van der Waals surface area (Å²) in [6.45, 7) is 4.13. The molecule has 0 aromatic heterocycles. The van der Waals surface area contributed by atoms with E-state index in [1.165, 1.54) is 0 Å². The average Bonchev–Trinajstić information content (AvgIpc) is 3.02. The number of carboxylic acids is 1. The smallest absolute Gasteiger partial charge is 0.304 e. The lowest BCUT2D eigenvalue weighted by Gasteiger charge is -2.30. The van der Waals surface area contributed by atoms with E-state index in [0.29, 0.717) is 12.6 Å². The van der Waals surface area contributed by atoms with Gasteiger partial charge in [0, 0.05) is 25.7 Å². The molecule has 2 rings (SSSR count). The maximum absolute atomic E-state index is 12.3. The minimum atomic E-state index is -0.790. The molecule has 1 aliphatic heterocycles. The quantitative estimate of drug-likeness (QED) is 0.766. The van der Waals surface area contributed by atoms with Crippen LogP contribution in [-0.2, 0) is 9.59 Å². The van der Waals surface area contributed by atoms with Gasteiger partial charge >= 0.3 is 5.97 Å². The Bertz CT molecular complexity index is 322. The zero-order chi connectivity index (χ0) is 13.1. The van der Waals surface area contributed by atoms with Gasteiger partial charge in [-0.1, -0.05) is 0 Å². The number of rotatable bonds is 6. The summed E-state index contributed by atoms with van der Waals surface area (Å²) < 4.78 is 0. The fourth-order valence-corrected chi connectivity index (χ4v) is 2.67. The second-order valence-electron chi connectivity index (χ2n) is 5.32. The van der Waals surface area contributed by atoms with Crippen LogP contribution in [0.2, 0.25) is 0 Å². The van der Waals surface area contributed by atoms with Crippen LogP contribution >= 0.6 is 0 Å². The van der Waals surface area contributed by atoms with E-state index in [9.17, 15) is 9.59 Å². The first-order chi connectivity index (χ1) is 8.59. The van der Waals surface area contributed by atoms with Gasteiger partial charge in [-0.2, -0.15) is 0 Å². The zero-order valence-corrected chi connectivity index (χ0v) is 11.0. The molecule has 1 saturated heterocycles. The van der Waals surface area contributed by atoms with E-state index in [2.05, 4.69) is 4.90 Å². The number of nitrogens with zero attached hydrogens (tertiary/aromatic N) is 2. The Kier molecular flexibility index (Phi) is 4.22. The number of carbonyl (C=O) groups is 2. The predicted molar refractivity (Wildman–Crippen MR) is 67.3 cm³/mol. The summed E-state index contributed by atoms with van der Waals surface area (Å²) in [5, 5.41) is 8.77. The number of amides is 1. The van der Waals surface area contributed by atoms with Crippen LogP contribution in [0.3, 0.4) is 0 Å². The van der Waals surface area contributed by atoms with E-state index >= 15 is 0 Å². The Morgan fingerprint density at radius 2 is 1.94 bits per heavy atom. The molecule has 2 aliphatic rings. The molecule has 0 aromatic carbocycles. The topological polar surface area (TPSA) is 60.9 Å². The molecule has 0 bridgehead atoms. The third-order valence-corrected chi connectivity index (χ3v) is 3.87. The van der Waals surface area contributed by atoms with Crippen molar-refractivity contribution in [3.8, 4) is 0 Å². The number of carbonyl (C=O) groups excluding carboxylic acids is 1. The van der Waals surface area contributed by atoms with Crippen molar-refractivity contribution >= 4 is 11.9 Å². The fourth-order valence-electron chi connectivity index (χ4n) is 2.67. The molecule has 0 aromatic rings. The lowest BCUT2D eigenvalue weighted by Crippen LogP contribution is -2.47. The highest BCUT2D eigenvalue weighted by molar-refractivity contribution is 5.81. The molecule has 1 heterocycles. The van der Waals surface area contributed by atoms with Crippen molar-refractivity contribution in [2.24, 2.45) is 0 Å². The van der Waals surface area contributed by atoms with Gasteiger partial charge in [0.2, 0.25) is 5.91 Å². The Balaban J connectivity index is 1.91. The van der Waals surface area contributed by atoms with E-state index in [1.54, 1.807) is 0 Å². The summed E-state index contributed by atoms with van der Waals surface area (Å²) in [5.74, 6) is -0.619. The van der Waals surface area contributed by atoms with Gasteiger partial charge in [0.1, 0.15) is 0 Å². The molecular formula is C13H22N2O3. The number of hydrogen-bond donors (Lipinski definition) is 1. The highest BCUT2D eigenvalue weighted by Crippen LogP contribution is 2.29. The van der Waals surface area contributed by atoms with Gasteiger partial charge in [-0.25, -0.2) is 0 Å². The van der Waals surface area contributed by atoms with Crippen molar-refractivity contribution in [1.29, 1.82) is 0 Å². The molecule has 0 spiro atoms. The molecule has 1 amide bonds. The molecular weight excluding hydrogens is 232 g/mol. The van der Waals surface area contributed by atoms with E-state index in [1.807, 2.05) is 11.8 Å². The van der Waals surface area contributed by atoms with Gasteiger partial charge in [0.25, 0.3) is 0 Å². The van der Waals surface area contributed by atoms with Crippen LogP contribution in [0, 0.1) is 0 Å². The second-order valence-corrected chi connectivity index (χ2v) is 5.32. The third kappa shape index (κ3) is 3.22. The minimum Gasteiger partial charge on any atom is -0.481 e. The Morgan fingerprint density at radius 3 is 2.44 bits per heavy atom. The van der Waals surface area contributed by atoms with Crippen LogP contribution in [0.1, 0.15) is 39.0 Å². The average molecular weight is 254 g/mol. The van der Waals surface area contributed by atoms with Crippen LogP contribution < -0.4 is 0 Å². The summed E-state index contributed by atoms with van der Waals surface area (Å²) >= 11 is 0. The van der Waals surface area contributed by atoms with Gasteiger partial charge in [-0.15, -0.1) is 0 Å². The van der Waals surface area contributed by atoms with E-state index in [0.717, 1.165) is 38.8 Å². The normalized spacial score (nSPS) is 21.3. The monoisotopic (exact) mass is 254 g/mol. The molecule has 102 valence electrons. The van der Waals surface area contributed by atoms with Gasteiger partial charge in [0.15, 0.2) is 0 Å². The Labute approximate surface area is 108 Å². The first kappa shape index (κ1) is 13.3. The zero-order valence-electron chi connectivity index (χ0n) is 11.0. The van der Waals surface area contributed by atoms with Gasteiger partial charge in [-0.3, -0.25) is 14.5 Å². The molecule has 18 heavy (non-hydrogen) atoms. The Morgan fingerprint density at radius 1 is 1.33 bits per heavy atom. The molecule has 5 nitrogen and oxygen atoms in total. The number of likely N-dealkylation sites (tertiary alicyclic amines) is 1. The summed E-state index contributed by atoms with van der Waals surface area (Å²) in [4.78, 5) is 27.0. The minimum absolute atomic E-state index is 0.119. The van der Waals surface area contributed by atoms with Crippen LogP contribution in [0.5, 0.6) is 0 Å². The molecule has 1 N–H and O–H groups in total. The molecule has 2 fully saturated rings. The van der Waals surface area contributed by atoms with Crippen LogP contribution in [-0.4, -0.2) is 58.5 Å². The van der Waals surface area contributed by atoms with Crippen molar-refractivity contribution in [2.75, 3.05) is 19.6 Å². The molecule has 5 heteroatoms. The second kappa shape index (κ2) is 5.69. The molecule has 1 atom stereocenters. The van der Waals surface area contributed by atoms with Crippen molar-refractivity contribution in [1.82, 2.24) is 9.80 Å². The number of carboxylic acid groups (broad SMARTS) is 1. The van der Waals surface area contributed by atoms with Gasteiger partial charge in [-0.05, 0) is 32.6 Å². The van der Waals surface area contributed by atoms with Crippen molar-refractivity contribution < 1.29 is 14.7 Å². The van der Waals surface area contributed by atoms with Crippen LogP contribution in [0.25, 0.3) is 0 Å². The molecule has 1 unspecified atom stereocenters. The maximum atomic E-state index is 12.3. The van der Waals surface area contributed by atoms with Crippen molar-refractivity contribution in [3.63, 3.8) is 0 Å². The van der Waals surface area contributed by atoms with Crippen molar-refractivity contribution in [3.05, 3.63) is 0 Å².